The lowest BCUT2D eigenvalue weighted by molar-refractivity contribution is 0.188. The summed E-state index contributed by atoms with van der Waals surface area (Å²) in [6.45, 7) is 3.04. The Morgan fingerprint density at radius 1 is 1.26 bits per heavy atom. The lowest BCUT2D eigenvalue weighted by Crippen LogP contribution is -2.43. The molecule has 7 rings (SSSR count). The van der Waals surface area contributed by atoms with Crippen LogP contribution in [0.25, 0.3) is 32.8 Å². The Hall–Kier alpha value is -2.91. The minimum atomic E-state index is -0.599. The summed E-state index contributed by atoms with van der Waals surface area (Å²) in [5.41, 5.74) is 1.40. The van der Waals surface area contributed by atoms with Gasteiger partial charge in [-0.05, 0) is 62.0 Å². The van der Waals surface area contributed by atoms with Crippen molar-refractivity contribution in [2.45, 2.75) is 37.4 Å². The van der Waals surface area contributed by atoms with Crippen LogP contribution in [0.15, 0.2) is 36.5 Å². The predicted octanol–water partition coefficient (Wildman–Crippen LogP) is 5.63. The molecule has 39 heavy (non-hydrogen) atoms. The molecule has 2 bridgehead atoms. The lowest BCUT2D eigenvalue weighted by Gasteiger charge is -2.32. The number of phenolic OH excluding ortho intramolecular Hbond substituents is 1. The number of piperazine rings is 1. The van der Waals surface area contributed by atoms with Gasteiger partial charge in [0.25, 0.3) is 0 Å². The molecular formula is C29H28Cl2FN5O2. The highest BCUT2D eigenvalue weighted by molar-refractivity contribution is 6.40. The van der Waals surface area contributed by atoms with E-state index in [1.165, 1.54) is 6.07 Å². The van der Waals surface area contributed by atoms with E-state index in [2.05, 4.69) is 32.1 Å². The molecule has 7 nitrogen and oxygen atoms in total. The Balaban J connectivity index is 1.44. The number of fused-ring (bicyclic) bond motifs is 4. The number of aromatic nitrogens is 2. The molecule has 2 N–H and O–H groups in total. The summed E-state index contributed by atoms with van der Waals surface area (Å²) in [7, 11) is 2.08. The first-order valence-corrected chi connectivity index (χ1v) is 14.1. The fourth-order valence-corrected chi connectivity index (χ4v) is 7.18. The van der Waals surface area contributed by atoms with Crippen molar-refractivity contribution in [3.63, 3.8) is 0 Å². The molecule has 3 saturated heterocycles. The summed E-state index contributed by atoms with van der Waals surface area (Å²) in [6, 6.07) is 9.48. The van der Waals surface area contributed by atoms with Gasteiger partial charge in [0.15, 0.2) is 5.82 Å². The molecule has 0 unspecified atom stereocenters. The van der Waals surface area contributed by atoms with Crippen LogP contribution in [0.3, 0.4) is 0 Å². The zero-order valence-corrected chi connectivity index (χ0v) is 22.9. The van der Waals surface area contributed by atoms with E-state index in [1.54, 1.807) is 24.4 Å². The molecule has 3 fully saturated rings. The van der Waals surface area contributed by atoms with Gasteiger partial charge in [0.05, 0.1) is 10.7 Å². The Labute approximate surface area is 235 Å². The molecule has 1 aromatic heterocycles. The highest BCUT2D eigenvalue weighted by Crippen LogP contribution is 2.49. The van der Waals surface area contributed by atoms with Gasteiger partial charge < -0.3 is 25.0 Å². The second-order valence-electron chi connectivity index (χ2n) is 10.8. The summed E-state index contributed by atoms with van der Waals surface area (Å²) in [5.74, 6) is -0.605. The van der Waals surface area contributed by atoms with Gasteiger partial charge in [-0.25, -0.2) is 9.37 Å². The van der Waals surface area contributed by atoms with Crippen molar-refractivity contribution in [3.05, 3.63) is 52.4 Å². The second kappa shape index (κ2) is 9.63. The standard InChI is InChI=1S/C29H28Cl2FN5O2/c1-36-7-3-5-17(36)14-39-29-34-12-21-27(35-29)26(32)24(25(31)28(21)37-13-16-9-18(37)11-33-16)20-10-19(38)8-15-4-2-6-22(30)23(15)20/h2,4,6,8,10,12,16-18,33,38H,3,5,7,9,11,13-14H2,1H3/t16-,17-,18-/m0/s1. The van der Waals surface area contributed by atoms with E-state index in [0.717, 1.165) is 38.9 Å². The summed E-state index contributed by atoms with van der Waals surface area (Å²) in [4.78, 5) is 13.5. The number of hydrogen-bond donors (Lipinski definition) is 2. The van der Waals surface area contributed by atoms with Crippen molar-refractivity contribution in [1.82, 2.24) is 20.2 Å². The van der Waals surface area contributed by atoms with E-state index < -0.39 is 5.82 Å². The van der Waals surface area contributed by atoms with Crippen LogP contribution in [0.2, 0.25) is 10.0 Å². The highest BCUT2D eigenvalue weighted by atomic mass is 35.5. The molecule has 0 amide bonds. The molecule has 10 heteroatoms. The van der Waals surface area contributed by atoms with Crippen LogP contribution in [0.4, 0.5) is 10.1 Å². The van der Waals surface area contributed by atoms with Crippen LogP contribution in [0.5, 0.6) is 11.8 Å². The number of benzene rings is 3. The van der Waals surface area contributed by atoms with Crippen LogP contribution in [-0.4, -0.2) is 71.4 Å². The van der Waals surface area contributed by atoms with Crippen LogP contribution in [0.1, 0.15) is 19.3 Å². The first kappa shape index (κ1) is 25.1. The number of hydrogen-bond acceptors (Lipinski definition) is 7. The van der Waals surface area contributed by atoms with Gasteiger partial charge in [-0.1, -0.05) is 35.3 Å². The summed E-state index contributed by atoms with van der Waals surface area (Å²) >= 11 is 13.8. The van der Waals surface area contributed by atoms with Gasteiger partial charge in [-0.3, -0.25) is 0 Å². The first-order chi connectivity index (χ1) is 18.9. The van der Waals surface area contributed by atoms with Crippen LogP contribution < -0.4 is 15.0 Å². The number of nitrogens with one attached hydrogen (secondary N) is 1. The van der Waals surface area contributed by atoms with E-state index in [9.17, 15) is 5.11 Å². The minimum absolute atomic E-state index is 0.00583. The van der Waals surface area contributed by atoms with Crippen LogP contribution in [-0.2, 0) is 0 Å². The molecule has 3 atom stereocenters. The van der Waals surface area contributed by atoms with Crippen molar-refractivity contribution in [1.29, 1.82) is 0 Å². The van der Waals surface area contributed by atoms with Crippen molar-refractivity contribution < 1.29 is 14.2 Å². The largest absolute Gasteiger partial charge is 0.508 e. The van der Waals surface area contributed by atoms with E-state index in [0.29, 0.717) is 45.1 Å². The molecule has 4 heterocycles. The number of halogens is 3. The fourth-order valence-electron chi connectivity index (χ4n) is 6.50. The second-order valence-corrected chi connectivity index (χ2v) is 11.6. The molecule has 4 aromatic rings. The van der Waals surface area contributed by atoms with E-state index in [4.69, 9.17) is 27.9 Å². The third-order valence-electron chi connectivity index (χ3n) is 8.48. The van der Waals surface area contributed by atoms with Crippen molar-refractivity contribution >= 4 is 50.6 Å². The van der Waals surface area contributed by atoms with E-state index in [1.807, 2.05) is 6.07 Å². The maximum atomic E-state index is 16.7. The number of aromatic hydroxyl groups is 1. The maximum Gasteiger partial charge on any atom is 0.317 e. The van der Waals surface area contributed by atoms with Crippen LogP contribution in [0, 0.1) is 5.82 Å². The number of nitrogens with zero attached hydrogens (tertiary/aromatic N) is 4. The zero-order chi connectivity index (χ0) is 26.8. The van der Waals surface area contributed by atoms with E-state index >= 15 is 4.39 Å². The van der Waals surface area contributed by atoms with Crippen molar-refractivity contribution in [3.8, 4) is 22.9 Å². The van der Waals surface area contributed by atoms with Crippen LogP contribution >= 0.6 is 23.2 Å². The molecule has 3 aromatic carbocycles. The number of ether oxygens (including phenoxy) is 1. The predicted molar refractivity (Wildman–Crippen MR) is 153 cm³/mol. The summed E-state index contributed by atoms with van der Waals surface area (Å²) in [6.07, 6.45) is 4.77. The normalized spacial score (nSPS) is 23.0. The summed E-state index contributed by atoms with van der Waals surface area (Å²) < 4.78 is 22.6. The highest BCUT2D eigenvalue weighted by Gasteiger charge is 2.40. The monoisotopic (exact) mass is 567 g/mol. The Morgan fingerprint density at radius 3 is 2.87 bits per heavy atom. The average Bonchev–Trinajstić information content (AvgIpc) is 3.65. The summed E-state index contributed by atoms with van der Waals surface area (Å²) in [5, 5.41) is 16.6. The molecule has 0 radical (unpaired) electrons. The molecule has 3 aliphatic rings. The quantitative estimate of drug-likeness (QED) is 0.324. The number of likely N-dealkylation sites (tertiary alicyclic amines) is 1. The van der Waals surface area contributed by atoms with Gasteiger partial charge in [0, 0.05) is 58.8 Å². The smallest absolute Gasteiger partial charge is 0.317 e. The molecule has 3 aliphatic heterocycles. The number of phenols is 1. The Kier molecular flexibility index (Phi) is 6.19. The van der Waals surface area contributed by atoms with Gasteiger partial charge in [-0.15, -0.1) is 0 Å². The third kappa shape index (κ3) is 4.16. The molecular weight excluding hydrogens is 540 g/mol. The van der Waals surface area contributed by atoms with E-state index in [-0.39, 0.29) is 39.9 Å². The Bertz CT molecular complexity index is 1620. The molecule has 202 valence electrons. The topological polar surface area (TPSA) is 73.8 Å². The van der Waals surface area contributed by atoms with Gasteiger partial charge in [0.2, 0.25) is 0 Å². The minimum Gasteiger partial charge on any atom is -0.508 e. The fraction of sp³-hybridized carbons (Fsp3) is 0.379. The Morgan fingerprint density at radius 2 is 2.13 bits per heavy atom. The number of rotatable bonds is 5. The maximum absolute atomic E-state index is 16.7. The van der Waals surface area contributed by atoms with Gasteiger partial charge in [-0.2, -0.15) is 4.98 Å². The van der Waals surface area contributed by atoms with Gasteiger partial charge >= 0.3 is 6.01 Å². The van der Waals surface area contributed by atoms with Crippen molar-refractivity contribution in [2.24, 2.45) is 0 Å². The lowest BCUT2D eigenvalue weighted by atomic mass is 9.95. The first-order valence-electron chi connectivity index (χ1n) is 13.3. The molecule has 0 aliphatic carbocycles. The van der Waals surface area contributed by atoms with Gasteiger partial charge in [0.1, 0.15) is 17.9 Å². The number of anilines is 1. The van der Waals surface area contributed by atoms with Crippen molar-refractivity contribution in [2.75, 3.05) is 38.2 Å². The molecule has 0 saturated carbocycles. The SMILES string of the molecule is CN1CCC[C@H]1COc1ncc2c(N3C[C@@H]4C[C@H]3CN4)c(Cl)c(-c3cc(O)cc4cccc(Cl)c34)c(F)c2n1. The molecule has 0 spiro atoms. The third-order valence-corrected chi connectivity index (χ3v) is 9.16. The zero-order valence-electron chi connectivity index (χ0n) is 21.4. The number of likely N-dealkylation sites (N-methyl/N-ethyl adjacent to an activating group) is 1. The average molecular weight is 568 g/mol.